The van der Waals surface area contributed by atoms with E-state index in [4.69, 9.17) is 34.4 Å². The molecule has 0 fully saturated rings. The maximum atomic E-state index is 16.0. The molecule has 2 aromatic heterocycles. The van der Waals surface area contributed by atoms with Crippen LogP contribution < -0.4 is 66.3 Å². The number of nitrogens with two attached hydrogens (primary N) is 6. The standard InChI is InChI=1S/C63H88N14O7/c64-31-15-11-25-48(68)57(79)74-52(29-13-17-33-66)60(82)76-54(35-44-39-70-49-26-9-7-23-46(44)49)58(80)72-41-63(37-42-19-3-1-4-20-42,38-43-21-5-2-6-22-43)62(84)77-55(36-45-40-71-50-27-10-8-24-47(45)50)61(83)75-53(30-14-18-34-67)59(81)73-51(56(69)78)28-12-16-32-65/h1-10,19-24,26-27,39-40,48,51-55,70-71H,11-18,25,28-38,41,64-68H2,(H2,69,78)(H,72,80)(H,73,81)(H,74,79)(H,75,83)(H,76,82)(H,77,84)/t48-,51+,52-,53+,54-,55+/m1/s1. The van der Waals surface area contributed by atoms with E-state index in [-0.39, 0.29) is 51.5 Å². The third-order valence-corrected chi connectivity index (χ3v) is 15.4. The Morgan fingerprint density at radius 2 is 0.810 bits per heavy atom. The number of fused-ring (bicyclic) bond motifs is 2. The van der Waals surface area contributed by atoms with E-state index in [1.165, 1.54) is 0 Å². The fourth-order valence-corrected chi connectivity index (χ4v) is 10.6. The number of aromatic amines is 2. The molecule has 452 valence electrons. The largest absolute Gasteiger partial charge is 0.368 e. The van der Waals surface area contributed by atoms with Crippen LogP contribution in [-0.4, -0.2) is 120 Å². The van der Waals surface area contributed by atoms with Gasteiger partial charge in [0.05, 0.1) is 11.5 Å². The lowest BCUT2D eigenvalue weighted by atomic mass is 9.75. The van der Waals surface area contributed by atoms with Gasteiger partial charge < -0.3 is 76.3 Å². The van der Waals surface area contributed by atoms with Gasteiger partial charge in [-0.2, -0.15) is 0 Å². The van der Waals surface area contributed by atoms with Crippen LogP contribution in [0.5, 0.6) is 0 Å². The third-order valence-electron chi connectivity index (χ3n) is 15.4. The molecule has 2 heterocycles. The molecule has 0 bridgehead atoms. The van der Waals surface area contributed by atoms with Crippen LogP contribution in [0, 0.1) is 5.41 Å². The van der Waals surface area contributed by atoms with E-state index in [9.17, 15) is 19.2 Å². The number of amides is 7. The van der Waals surface area contributed by atoms with Crippen molar-refractivity contribution in [3.05, 3.63) is 144 Å². The van der Waals surface area contributed by atoms with Crippen molar-refractivity contribution in [3.63, 3.8) is 0 Å². The van der Waals surface area contributed by atoms with Crippen molar-refractivity contribution in [2.24, 2.45) is 39.8 Å². The molecule has 6 rings (SSSR count). The van der Waals surface area contributed by atoms with Crippen LogP contribution in [0.15, 0.2) is 122 Å². The molecule has 0 radical (unpaired) electrons. The van der Waals surface area contributed by atoms with Crippen molar-refractivity contribution in [3.8, 4) is 0 Å². The molecule has 4 aromatic carbocycles. The van der Waals surface area contributed by atoms with Crippen LogP contribution in [0.25, 0.3) is 21.8 Å². The van der Waals surface area contributed by atoms with Gasteiger partial charge in [0, 0.05) is 53.6 Å². The van der Waals surface area contributed by atoms with Crippen molar-refractivity contribution < 1.29 is 33.6 Å². The number of carbonyl (C=O) groups is 7. The number of H-pyrrole nitrogens is 2. The lowest BCUT2D eigenvalue weighted by Crippen LogP contribution is -2.60. The first-order chi connectivity index (χ1) is 40.7. The molecule has 6 aromatic rings. The number of primary amides is 1. The van der Waals surface area contributed by atoms with Gasteiger partial charge in [0.1, 0.15) is 30.2 Å². The van der Waals surface area contributed by atoms with E-state index >= 15 is 14.4 Å². The number of para-hydroxylation sites is 2. The van der Waals surface area contributed by atoms with Crippen LogP contribution in [0.1, 0.15) is 99.3 Å². The van der Waals surface area contributed by atoms with Crippen molar-refractivity contribution in [1.82, 2.24) is 41.9 Å². The van der Waals surface area contributed by atoms with Crippen LogP contribution >= 0.6 is 0 Å². The zero-order valence-electron chi connectivity index (χ0n) is 48.2. The first-order valence-corrected chi connectivity index (χ1v) is 29.5. The predicted molar refractivity (Wildman–Crippen MR) is 328 cm³/mol. The lowest BCUT2D eigenvalue weighted by Gasteiger charge is -2.35. The monoisotopic (exact) mass is 1150 g/mol. The van der Waals surface area contributed by atoms with Gasteiger partial charge in [-0.05, 0) is 144 Å². The Morgan fingerprint density at radius 3 is 1.27 bits per heavy atom. The highest BCUT2D eigenvalue weighted by molar-refractivity contribution is 5.97. The summed E-state index contributed by atoms with van der Waals surface area (Å²) in [6.45, 7) is 1.25. The summed E-state index contributed by atoms with van der Waals surface area (Å²) in [6.07, 6.45) is 9.20. The Kier molecular flexibility index (Phi) is 26.4. The zero-order valence-corrected chi connectivity index (χ0v) is 48.2. The molecule has 0 saturated carbocycles. The molecule has 6 atom stereocenters. The summed E-state index contributed by atoms with van der Waals surface area (Å²) in [5.41, 5.74) is 38.2. The van der Waals surface area contributed by atoms with Crippen LogP contribution in [-0.2, 0) is 59.2 Å². The molecule has 0 aliphatic rings. The molecule has 7 amide bonds. The van der Waals surface area contributed by atoms with Gasteiger partial charge >= 0.3 is 0 Å². The Labute approximate surface area is 492 Å². The fourth-order valence-electron chi connectivity index (χ4n) is 10.6. The Morgan fingerprint density at radius 1 is 0.429 bits per heavy atom. The molecule has 0 aliphatic heterocycles. The van der Waals surface area contributed by atoms with Crippen LogP contribution in [0.3, 0.4) is 0 Å². The average Bonchev–Trinajstić information content (AvgIpc) is 4.27. The van der Waals surface area contributed by atoms with Crippen LogP contribution in [0.2, 0.25) is 0 Å². The number of nitrogens with one attached hydrogen (secondary N) is 8. The first kappa shape index (κ1) is 65.2. The number of hydrogen-bond acceptors (Lipinski definition) is 12. The Bertz CT molecular complexity index is 3000. The first-order valence-electron chi connectivity index (χ1n) is 29.5. The molecule has 0 spiro atoms. The number of benzene rings is 4. The molecule has 84 heavy (non-hydrogen) atoms. The Hall–Kier alpha value is -7.95. The molecule has 0 saturated heterocycles. The summed E-state index contributed by atoms with van der Waals surface area (Å²) < 4.78 is 0. The van der Waals surface area contributed by atoms with E-state index in [0.717, 1.165) is 38.5 Å². The SMILES string of the molecule is NCCCC[C@@H](N)C(=O)N[C@H](CCCCN)C(=O)N[C@H](Cc1c[nH]c2ccccc12)C(=O)NCC(Cc1ccccc1)(Cc1ccccc1)C(=O)N[C@@H](Cc1c[nH]c2ccccc12)C(=O)N[C@@H](CCCCN)C(=O)N[C@@H](CCCCN)C(N)=O. The maximum Gasteiger partial charge on any atom is 0.243 e. The summed E-state index contributed by atoms with van der Waals surface area (Å²) in [5, 5.41) is 19.4. The van der Waals surface area contributed by atoms with Gasteiger partial charge in [-0.1, -0.05) is 103 Å². The smallest absolute Gasteiger partial charge is 0.243 e. The molecule has 20 N–H and O–H groups in total. The lowest BCUT2D eigenvalue weighted by molar-refractivity contribution is -0.137. The molecule has 21 nitrogen and oxygen atoms in total. The summed E-state index contributed by atoms with van der Waals surface area (Å²) in [4.78, 5) is 108. The third kappa shape index (κ3) is 19.6. The molecule has 0 aliphatic carbocycles. The normalized spacial score (nSPS) is 13.7. The number of hydrogen-bond donors (Lipinski definition) is 14. The highest BCUT2D eigenvalue weighted by Crippen LogP contribution is 2.30. The zero-order chi connectivity index (χ0) is 60.3. The summed E-state index contributed by atoms with van der Waals surface area (Å²) in [7, 11) is 0. The highest BCUT2D eigenvalue weighted by Gasteiger charge is 2.42. The van der Waals surface area contributed by atoms with Crippen molar-refractivity contribution in [2.45, 2.75) is 139 Å². The van der Waals surface area contributed by atoms with Gasteiger partial charge in [0.2, 0.25) is 41.4 Å². The number of rotatable bonds is 38. The van der Waals surface area contributed by atoms with E-state index in [2.05, 4.69) is 41.9 Å². The van der Waals surface area contributed by atoms with Crippen molar-refractivity contribution in [1.29, 1.82) is 0 Å². The molecular formula is C63H88N14O7. The summed E-state index contributed by atoms with van der Waals surface area (Å²) >= 11 is 0. The van der Waals surface area contributed by atoms with Crippen molar-refractivity contribution >= 4 is 63.2 Å². The Balaban J connectivity index is 1.39. The van der Waals surface area contributed by atoms with E-state index in [0.29, 0.717) is 89.5 Å². The van der Waals surface area contributed by atoms with E-state index < -0.39 is 83.0 Å². The minimum absolute atomic E-state index is 0.0149. The summed E-state index contributed by atoms with van der Waals surface area (Å²) in [5.74, 6) is -4.35. The topological polar surface area (TPSA) is 379 Å². The number of carbonyl (C=O) groups excluding carboxylic acids is 7. The number of aromatic nitrogens is 2. The maximum absolute atomic E-state index is 16.0. The predicted octanol–water partition coefficient (Wildman–Crippen LogP) is 2.78. The molecule has 21 heteroatoms. The average molecular weight is 1150 g/mol. The van der Waals surface area contributed by atoms with Gasteiger partial charge in [0.25, 0.3) is 0 Å². The van der Waals surface area contributed by atoms with Crippen LogP contribution in [0.4, 0.5) is 0 Å². The van der Waals surface area contributed by atoms with Gasteiger partial charge in [0.15, 0.2) is 0 Å². The van der Waals surface area contributed by atoms with E-state index in [1.54, 1.807) is 12.4 Å². The number of unbranched alkanes of at least 4 members (excludes halogenated alkanes) is 4. The molecule has 0 unspecified atom stereocenters. The minimum atomic E-state index is -1.54. The van der Waals surface area contributed by atoms with Gasteiger partial charge in [-0.25, -0.2) is 0 Å². The minimum Gasteiger partial charge on any atom is -0.368 e. The second-order valence-corrected chi connectivity index (χ2v) is 21.9. The van der Waals surface area contributed by atoms with Gasteiger partial charge in [-0.15, -0.1) is 0 Å². The quantitative estimate of drug-likeness (QED) is 0.0249. The molecular weight excluding hydrogens is 1060 g/mol. The fraction of sp³-hybridized carbons (Fsp3) is 0.444. The van der Waals surface area contributed by atoms with Crippen molar-refractivity contribution in [2.75, 3.05) is 32.7 Å². The summed E-state index contributed by atoms with van der Waals surface area (Å²) in [6, 6.07) is 27.1. The second kappa shape index (κ2) is 34.0. The second-order valence-electron chi connectivity index (χ2n) is 21.9. The van der Waals surface area contributed by atoms with E-state index in [1.807, 2.05) is 109 Å². The highest BCUT2D eigenvalue weighted by atomic mass is 16.2. The van der Waals surface area contributed by atoms with Gasteiger partial charge in [-0.3, -0.25) is 33.6 Å².